The van der Waals surface area contributed by atoms with Crippen LogP contribution in [0, 0.1) is 12.7 Å². The number of hydrogen-bond acceptors (Lipinski definition) is 3. The first kappa shape index (κ1) is 21.7. The maximum Gasteiger partial charge on any atom is 0.419 e. The smallest absolute Gasteiger partial charge is 0.407 e. The molecule has 160 valence electrons. The number of nitrogens with one attached hydrogen (secondary N) is 1. The van der Waals surface area contributed by atoms with Gasteiger partial charge >= 0.3 is 18.3 Å². The van der Waals surface area contributed by atoms with Gasteiger partial charge in [0, 0.05) is 25.8 Å². The van der Waals surface area contributed by atoms with Crippen LogP contribution in [0.1, 0.15) is 11.1 Å². The molecule has 3 amide bonds. The lowest BCUT2D eigenvalue weighted by molar-refractivity contribution is -0.137. The highest BCUT2D eigenvalue weighted by Crippen LogP contribution is 2.40. The van der Waals surface area contributed by atoms with Crippen LogP contribution in [0.15, 0.2) is 30.3 Å². The maximum atomic E-state index is 13.4. The first-order valence-corrected chi connectivity index (χ1v) is 9.04. The predicted octanol–water partition coefficient (Wildman–Crippen LogP) is 4.97. The lowest BCUT2D eigenvalue weighted by atomic mass is 10.1. The fourth-order valence-electron chi connectivity index (χ4n) is 2.91. The molecule has 0 aliphatic carbocycles. The second-order valence-corrected chi connectivity index (χ2v) is 6.96. The van der Waals surface area contributed by atoms with Gasteiger partial charge in [0.2, 0.25) is 0 Å². The molecule has 0 bridgehead atoms. The Hall–Kier alpha value is -3.01. The van der Waals surface area contributed by atoms with Gasteiger partial charge in [-0.1, -0.05) is 11.6 Å². The number of benzene rings is 2. The predicted molar refractivity (Wildman–Crippen MR) is 103 cm³/mol. The molecule has 1 aliphatic heterocycles. The van der Waals surface area contributed by atoms with Crippen molar-refractivity contribution in [1.82, 2.24) is 5.32 Å². The second kappa shape index (κ2) is 8.02. The minimum absolute atomic E-state index is 0.0124. The lowest BCUT2D eigenvalue weighted by Crippen LogP contribution is -2.32. The van der Waals surface area contributed by atoms with Crippen molar-refractivity contribution < 1.29 is 31.9 Å². The summed E-state index contributed by atoms with van der Waals surface area (Å²) in [5.41, 5.74) is -0.945. The number of halogens is 5. The molecule has 0 atom stereocenters. The molecule has 1 N–H and O–H groups in total. The standard InChI is InChI=1S/C19H16ClF4N3O3/c1-10-7-11(19(22,23)24)8-15(27-6-5-25-17(27)28)16(10)30-18(29)26(2)12-3-4-14(21)13(20)9-12/h3-4,7-9H,5-6H2,1-2H3,(H,25,28). The van der Waals surface area contributed by atoms with Crippen LogP contribution in [0.2, 0.25) is 5.02 Å². The van der Waals surface area contributed by atoms with E-state index >= 15 is 0 Å². The molecule has 1 fully saturated rings. The third-order valence-electron chi connectivity index (χ3n) is 4.48. The number of carbonyl (C=O) groups excluding carboxylic acids is 2. The first-order valence-electron chi connectivity index (χ1n) is 8.67. The highest BCUT2D eigenvalue weighted by Gasteiger charge is 2.35. The summed E-state index contributed by atoms with van der Waals surface area (Å²) >= 11 is 5.72. The van der Waals surface area contributed by atoms with Gasteiger partial charge in [0.25, 0.3) is 0 Å². The molecule has 0 unspecified atom stereocenters. The third kappa shape index (κ3) is 4.28. The number of nitrogens with zero attached hydrogens (tertiary/aromatic N) is 2. The summed E-state index contributed by atoms with van der Waals surface area (Å²) in [6, 6.07) is 4.53. The quantitative estimate of drug-likeness (QED) is 0.678. The highest BCUT2D eigenvalue weighted by molar-refractivity contribution is 6.31. The van der Waals surface area contributed by atoms with E-state index in [1.54, 1.807) is 0 Å². The second-order valence-electron chi connectivity index (χ2n) is 6.55. The Kier molecular flexibility index (Phi) is 5.80. The van der Waals surface area contributed by atoms with Crippen LogP contribution in [0.3, 0.4) is 0 Å². The third-order valence-corrected chi connectivity index (χ3v) is 4.77. The van der Waals surface area contributed by atoms with Gasteiger partial charge in [-0.25, -0.2) is 14.0 Å². The van der Waals surface area contributed by atoms with Crippen molar-refractivity contribution in [1.29, 1.82) is 0 Å². The van der Waals surface area contributed by atoms with Crippen molar-refractivity contribution in [3.63, 3.8) is 0 Å². The molecule has 3 rings (SSSR count). The zero-order valence-corrected chi connectivity index (χ0v) is 16.6. The normalized spacial score (nSPS) is 14.0. The van der Waals surface area contributed by atoms with Gasteiger partial charge in [-0.2, -0.15) is 13.2 Å². The Labute approximate surface area is 174 Å². The summed E-state index contributed by atoms with van der Waals surface area (Å²) in [6.45, 7) is 1.67. The van der Waals surface area contributed by atoms with Crippen molar-refractivity contribution >= 4 is 35.1 Å². The molecule has 30 heavy (non-hydrogen) atoms. The van der Waals surface area contributed by atoms with Crippen molar-refractivity contribution in [3.8, 4) is 5.75 Å². The highest BCUT2D eigenvalue weighted by atomic mass is 35.5. The van der Waals surface area contributed by atoms with E-state index in [1.165, 1.54) is 26.1 Å². The Balaban J connectivity index is 1.98. The summed E-state index contributed by atoms with van der Waals surface area (Å²) in [6.07, 6.45) is -5.61. The number of carbonyl (C=O) groups is 2. The lowest BCUT2D eigenvalue weighted by Gasteiger charge is -2.24. The summed E-state index contributed by atoms with van der Waals surface area (Å²) in [5.74, 6) is -0.867. The molecule has 6 nitrogen and oxygen atoms in total. The molecule has 0 aromatic heterocycles. The zero-order chi connectivity index (χ0) is 22.2. The van der Waals surface area contributed by atoms with Crippen molar-refractivity contribution in [2.75, 3.05) is 29.9 Å². The van der Waals surface area contributed by atoms with Crippen molar-refractivity contribution in [2.45, 2.75) is 13.1 Å². The SMILES string of the molecule is Cc1cc(C(F)(F)F)cc(N2CCNC2=O)c1OC(=O)N(C)c1ccc(F)c(Cl)c1. The molecule has 0 radical (unpaired) electrons. The van der Waals surface area contributed by atoms with Crippen LogP contribution >= 0.6 is 11.6 Å². The minimum Gasteiger partial charge on any atom is -0.407 e. The van der Waals surface area contributed by atoms with Gasteiger partial charge in [0.15, 0.2) is 5.75 Å². The number of ether oxygens (including phenoxy) is 1. The van der Waals surface area contributed by atoms with Crippen molar-refractivity contribution in [2.24, 2.45) is 0 Å². The van der Waals surface area contributed by atoms with Gasteiger partial charge in [-0.05, 0) is 42.8 Å². The number of aryl methyl sites for hydroxylation is 1. The van der Waals surface area contributed by atoms with Gasteiger partial charge in [-0.3, -0.25) is 9.80 Å². The molecule has 1 saturated heterocycles. The van der Waals surface area contributed by atoms with E-state index in [0.717, 1.165) is 28.0 Å². The maximum absolute atomic E-state index is 13.4. The average Bonchev–Trinajstić information content (AvgIpc) is 3.09. The monoisotopic (exact) mass is 445 g/mol. The topological polar surface area (TPSA) is 61.9 Å². The molecular formula is C19H16ClF4N3O3. The summed E-state index contributed by atoms with van der Waals surface area (Å²) < 4.78 is 58.5. The van der Waals surface area contributed by atoms with Crippen LogP contribution in [0.25, 0.3) is 0 Å². The molecular weight excluding hydrogens is 430 g/mol. The van der Waals surface area contributed by atoms with Crippen molar-refractivity contribution in [3.05, 3.63) is 52.3 Å². The molecule has 1 aliphatic rings. The molecule has 0 spiro atoms. The number of amides is 3. The molecule has 11 heteroatoms. The van der Waals surface area contributed by atoms with E-state index in [2.05, 4.69) is 5.32 Å². The van der Waals surface area contributed by atoms with E-state index in [9.17, 15) is 27.2 Å². The number of urea groups is 1. The van der Waals surface area contributed by atoms with Crippen LogP contribution in [-0.4, -0.2) is 32.3 Å². The van der Waals surface area contributed by atoms with Gasteiger partial charge in [-0.15, -0.1) is 0 Å². The Bertz CT molecular complexity index is 1010. The average molecular weight is 446 g/mol. The fraction of sp³-hybridized carbons (Fsp3) is 0.263. The largest absolute Gasteiger partial charge is 0.419 e. The van der Waals surface area contributed by atoms with Crippen LogP contribution < -0.4 is 19.9 Å². The Morgan fingerprint density at radius 2 is 1.97 bits per heavy atom. The molecule has 0 saturated carbocycles. The Morgan fingerprint density at radius 1 is 1.27 bits per heavy atom. The van der Waals surface area contributed by atoms with E-state index in [4.69, 9.17) is 16.3 Å². The molecule has 2 aromatic rings. The molecule has 2 aromatic carbocycles. The van der Waals surface area contributed by atoms with E-state index in [1.807, 2.05) is 0 Å². The van der Waals surface area contributed by atoms with E-state index in [0.29, 0.717) is 0 Å². The fourth-order valence-corrected chi connectivity index (χ4v) is 3.08. The number of hydrogen-bond donors (Lipinski definition) is 1. The number of anilines is 2. The summed E-state index contributed by atoms with van der Waals surface area (Å²) in [7, 11) is 1.33. The summed E-state index contributed by atoms with van der Waals surface area (Å²) in [5, 5.41) is 2.28. The minimum atomic E-state index is -4.65. The summed E-state index contributed by atoms with van der Waals surface area (Å²) in [4.78, 5) is 26.7. The molecule has 1 heterocycles. The van der Waals surface area contributed by atoms with Gasteiger partial charge in [0.05, 0.1) is 16.3 Å². The van der Waals surface area contributed by atoms with Crippen LogP contribution in [0.5, 0.6) is 5.75 Å². The zero-order valence-electron chi connectivity index (χ0n) is 15.8. The van der Waals surface area contributed by atoms with Crippen LogP contribution in [-0.2, 0) is 6.18 Å². The van der Waals surface area contributed by atoms with Gasteiger partial charge in [0.1, 0.15) is 5.82 Å². The van der Waals surface area contributed by atoms with Gasteiger partial charge < -0.3 is 10.1 Å². The van der Waals surface area contributed by atoms with E-state index in [-0.39, 0.29) is 40.8 Å². The van der Waals surface area contributed by atoms with E-state index < -0.39 is 29.7 Å². The number of rotatable bonds is 3. The Morgan fingerprint density at radius 3 is 2.53 bits per heavy atom. The first-order chi connectivity index (χ1) is 14.0. The number of alkyl halides is 3. The van der Waals surface area contributed by atoms with Crippen LogP contribution in [0.4, 0.5) is 38.5 Å².